The second-order valence-corrected chi connectivity index (χ2v) is 5.71. The van der Waals surface area contributed by atoms with E-state index >= 15 is 0 Å². The molecule has 0 saturated carbocycles. The van der Waals surface area contributed by atoms with Crippen LogP contribution in [0.2, 0.25) is 0 Å². The van der Waals surface area contributed by atoms with E-state index in [2.05, 4.69) is 0 Å². The summed E-state index contributed by atoms with van der Waals surface area (Å²) in [4.78, 5) is 45.6. The maximum atomic E-state index is 12.1. The molecule has 114 valence electrons. The van der Waals surface area contributed by atoms with Gasteiger partial charge in [0.15, 0.2) is 5.78 Å². The first-order valence-corrected chi connectivity index (χ1v) is 6.21. The van der Waals surface area contributed by atoms with Crippen LogP contribution in [0.25, 0.3) is 0 Å². The van der Waals surface area contributed by atoms with Gasteiger partial charge in [0.25, 0.3) is 0 Å². The number of rotatable bonds is 8. The third-order valence-corrected chi connectivity index (χ3v) is 2.56. The van der Waals surface area contributed by atoms with Gasteiger partial charge in [-0.05, 0) is 0 Å². The minimum Gasteiger partial charge on any atom is -0.550 e. The summed E-state index contributed by atoms with van der Waals surface area (Å²) in [5.41, 5.74) is -1.88. The molecule has 0 aliphatic carbocycles. The Morgan fingerprint density at radius 1 is 1.15 bits per heavy atom. The van der Waals surface area contributed by atoms with Crippen molar-refractivity contribution in [1.29, 1.82) is 0 Å². The van der Waals surface area contributed by atoms with Crippen LogP contribution in [0.1, 0.15) is 26.7 Å². The van der Waals surface area contributed by atoms with Gasteiger partial charge in [-0.1, -0.05) is 6.92 Å². The predicted molar refractivity (Wildman–Crippen MR) is 67.3 cm³/mol. The molecule has 0 bridgehead atoms. The van der Waals surface area contributed by atoms with Crippen LogP contribution >= 0.6 is 0 Å². The van der Waals surface area contributed by atoms with Gasteiger partial charge in [0, 0.05) is 25.7 Å². The van der Waals surface area contributed by atoms with E-state index < -0.39 is 35.5 Å². The van der Waals surface area contributed by atoms with Crippen LogP contribution in [0.15, 0.2) is 0 Å². The van der Waals surface area contributed by atoms with Gasteiger partial charge < -0.3 is 19.1 Å². The molecule has 0 aliphatic rings. The number of esters is 1. The number of hydrogen-bond acceptors (Lipinski definition) is 6. The van der Waals surface area contributed by atoms with E-state index in [4.69, 9.17) is 4.74 Å². The molecule has 0 amide bonds. The van der Waals surface area contributed by atoms with Crippen molar-refractivity contribution in [3.05, 3.63) is 0 Å². The molecular weight excluding hydrogens is 266 g/mol. The van der Waals surface area contributed by atoms with E-state index in [9.17, 15) is 24.3 Å². The van der Waals surface area contributed by atoms with Crippen molar-refractivity contribution in [1.82, 2.24) is 0 Å². The molecule has 0 aromatic rings. The third kappa shape index (κ3) is 5.48. The molecule has 1 unspecified atom stereocenters. The molecule has 0 aromatic heterocycles. The SMILES string of the molecule is CCC(=O)C(CC(=O)[O-])(C[N+](C)(C)C)OC(=O)C(C)=O. The van der Waals surface area contributed by atoms with Crippen LogP contribution in [0, 0.1) is 0 Å². The third-order valence-electron chi connectivity index (χ3n) is 2.56. The molecule has 0 saturated heterocycles. The molecule has 0 radical (unpaired) electrons. The normalized spacial score (nSPS) is 14.2. The Morgan fingerprint density at radius 3 is 1.95 bits per heavy atom. The van der Waals surface area contributed by atoms with Gasteiger partial charge in [-0.15, -0.1) is 0 Å². The summed E-state index contributed by atoms with van der Waals surface area (Å²) < 4.78 is 5.15. The first kappa shape index (κ1) is 18.2. The van der Waals surface area contributed by atoms with E-state index in [-0.39, 0.29) is 17.4 Å². The van der Waals surface area contributed by atoms with Crippen LogP contribution in [0.4, 0.5) is 0 Å². The summed E-state index contributed by atoms with van der Waals surface area (Å²) in [7, 11) is 5.15. The summed E-state index contributed by atoms with van der Waals surface area (Å²) >= 11 is 0. The van der Waals surface area contributed by atoms with Gasteiger partial charge in [-0.3, -0.25) is 9.59 Å². The van der Waals surface area contributed by atoms with E-state index in [1.807, 2.05) is 0 Å². The lowest BCUT2D eigenvalue weighted by molar-refractivity contribution is -0.875. The van der Waals surface area contributed by atoms with Crippen LogP contribution in [-0.4, -0.2) is 61.3 Å². The van der Waals surface area contributed by atoms with Crippen molar-refractivity contribution < 1.29 is 33.5 Å². The highest BCUT2D eigenvalue weighted by molar-refractivity contribution is 6.33. The zero-order valence-electron chi connectivity index (χ0n) is 12.5. The van der Waals surface area contributed by atoms with Crippen molar-refractivity contribution in [3.8, 4) is 0 Å². The Balaban J connectivity index is 5.65. The monoisotopic (exact) mass is 287 g/mol. The summed E-state index contributed by atoms with van der Waals surface area (Å²) in [5, 5.41) is 10.9. The van der Waals surface area contributed by atoms with Crippen LogP contribution in [-0.2, 0) is 23.9 Å². The van der Waals surface area contributed by atoms with E-state index in [0.717, 1.165) is 6.92 Å². The topological polar surface area (TPSA) is 101 Å². The Bertz CT molecular complexity index is 423. The fraction of sp³-hybridized carbons (Fsp3) is 0.692. The number of aliphatic carboxylic acids is 1. The number of hydrogen-bond donors (Lipinski definition) is 0. The molecule has 0 fully saturated rings. The molecule has 1 atom stereocenters. The van der Waals surface area contributed by atoms with Gasteiger partial charge in [0.2, 0.25) is 11.4 Å². The Kier molecular flexibility index (Phi) is 6.02. The van der Waals surface area contributed by atoms with Gasteiger partial charge in [-0.2, -0.15) is 0 Å². The molecule has 0 aromatic carbocycles. The summed E-state index contributed by atoms with van der Waals surface area (Å²) in [6.07, 6.45) is -0.785. The van der Waals surface area contributed by atoms with Crippen LogP contribution in [0.3, 0.4) is 0 Å². The molecule has 7 heteroatoms. The number of carboxylic acid groups (broad SMARTS) is 1. The maximum absolute atomic E-state index is 12.1. The summed E-state index contributed by atoms with van der Waals surface area (Å²) in [5.74, 6) is -4.18. The fourth-order valence-corrected chi connectivity index (χ4v) is 1.94. The van der Waals surface area contributed by atoms with E-state index in [1.54, 1.807) is 21.1 Å². The minimum atomic E-state index is -1.88. The smallest absolute Gasteiger partial charge is 0.375 e. The molecule has 20 heavy (non-hydrogen) atoms. The highest BCUT2D eigenvalue weighted by Gasteiger charge is 2.46. The zero-order valence-corrected chi connectivity index (χ0v) is 12.5. The number of carboxylic acids is 1. The quantitative estimate of drug-likeness (QED) is 0.312. The largest absolute Gasteiger partial charge is 0.550 e. The summed E-state index contributed by atoms with van der Waals surface area (Å²) in [6.45, 7) is 2.46. The van der Waals surface area contributed by atoms with E-state index in [0.29, 0.717) is 0 Å². The lowest BCUT2D eigenvalue weighted by Gasteiger charge is -2.37. The van der Waals surface area contributed by atoms with Crippen molar-refractivity contribution in [2.75, 3.05) is 27.7 Å². The number of ketones is 2. The Labute approximate surface area is 118 Å². The zero-order chi connectivity index (χ0) is 16.1. The van der Waals surface area contributed by atoms with Crippen molar-refractivity contribution >= 4 is 23.5 Å². The van der Waals surface area contributed by atoms with Crippen LogP contribution < -0.4 is 5.11 Å². The highest BCUT2D eigenvalue weighted by atomic mass is 16.6. The number of carbonyl (C=O) groups is 4. The fourth-order valence-electron chi connectivity index (χ4n) is 1.94. The average Bonchev–Trinajstić information content (AvgIpc) is 2.24. The number of likely N-dealkylation sites (N-methyl/N-ethyl adjacent to an activating group) is 1. The molecule has 0 rings (SSSR count). The molecule has 0 spiro atoms. The molecule has 0 N–H and O–H groups in total. The number of carbonyl (C=O) groups excluding carboxylic acids is 4. The Hall–Kier alpha value is -1.76. The molecule has 0 aliphatic heterocycles. The molecule has 0 heterocycles. The van der Waals surface area contributed by atoms with Gasteiger partial charge in [0.05, 0.1) is 21.1 Å². The Morgan fingerprint density at radius 2 is 1.65 bits per heavy atom. The van der Waals surface area contributed by atoms with Crippen molar-refractivity contribution in [3.63, 3.8) is 0 Å². The lowest BCUT2D eigenvalue weighted by Crippen LogP contribution is -2.58. The number of nitrogens with zero attached hydrogens (tertiary/aromatic N) is 1. The number of quaternary nitrogens is 1. The minimum absolute atomic E-state index is 0.0154. The number of Topliss-reactive ketones (excluding diaryl/α,β-unsaturated/α-hetero) is 2. The van der Waals surface area contributed by atoms with Gasteiger partial charge in [0.1, 0.15) is 6.54 Å². The standard InChI is InChI=1S/C13H21NO6/c1-6-10(16)13(7-11(17)18,8-14(3,4)5)20-12(19)9(2)15/h6-8H2,1-5H3. The van der Waals surface area contributed by atoms with Crippen molar-refractivity contribution in [2.24, 2.45) is 0 Å². The highest BCUT2D eigenvalue weighted by Crippen LogP contribution is 2.23. The second kappa shape index (κ2) is 6.60. The first-order chi connectivity index (χ1) is 8.93. The first-order valence-electron chi connectivity index (χ1n) is 6.21. The van der Waals surface area contributed by atoms with Gasteiger partial charge in [-0.25, -0.2) is 4.79 Å². The predicted octanol–water partition coefficient (Wildman–Crippen LogP) is -1.32. The van der Waals surface area contributed by atoms with Crippen LogP contribution in [0.5, 0.6) is 0 Å². The molecular formula is C13H21NO6. The molecule has 7 nitrogen and oxygen atoms in total. The average molecular weight is 287 g/mol. The van der Waals surface area contributed by atoms with E-state index in [1.165, 1.54) is 6.92 Å². The second-order valence-electron chi connectivity index (χ2n) is 5.71. The summed E-state index contributed by atoms with van der Waals surface area (Å²) in [6, 6.07) is 0. The number of ether oxygens (including phenoxy) is 1. The van der Waals surface area contributed by atoms with Crippen molar-refractivity contribution in [2.45, 2.75) is 32.3 Å². The maximum Gasteiger partial charge on any atom is 0.375 e. The van der Waals surface area contributed by atoms with Gasteiger partial charge >= 0.3 is 5.97 Å². The lowest BCUT2D eigenvalue weighted by atomic mass is 9.90.